The minimum absolute atomic E-state index is 0.343. The van der Waals surface area contributed by atoms with Crippen molar-refractivity contribution in [1.29, 1.82) is 0 Å². The van der Waals surface area contributed by atoms with Gasteiger partial charge in [0.1, 0.15) is 11.3 Å². The Kier molecular flexibility index (Phi) is 5.41. The van der Waals surface area contributed by atoms with Crippen LogP contribution in [0.4, 0.5) is 0 Å². The van der Waals surface area contributed by atoms with Crippen LogP contribution in [0.5, 0.6) is 0 Å². The zero-order chi connectivity index (χ0) is 22.1. The molecule has 0 aliphatic rings. The Labute approximate surface area is 189 Å². The van der Waals surface area contributed by atoms with Crippen LogP contribution in [-0.4, -0.2) is 4.98 Å². The summed E-state index contributed by atoms with van der Waals surface area (Å²) in [5.74, 6) is 1.29. The van der Waals surface area contributed by atoms with E-state index in [9.17, 15) is 4.79 Å². The zero-order valence-electron chi connectivity index (χ0n) is 17.8. The summed E-state index contributed by atoms with van der Waals surface area (Å²) in [5.41, 5.74) is 6.08. The Hall–Kier alpha value is -3.57. The molecule has 158 valence electrons. The highest BCUT2D eigenvalue weighted by Crippen LogP contribution is 2.37. The molecule has 4 nitrogen and oxygen atoms in total. The highest BCUT2D eigenvalue weighted by molar-refractivity contribution is 7.98. The molecule has 0 saturated carbocycles. The number of rotatable bonds is 5. The van der Waals surface area contributed by atoms with E-state index in [-0.39, 0.29) is 5.63 Å². The van der Waals surface area contributed by atoms with Gasteiger partial charge in [-0.15, -0.1) is 0 Å². The highest BCUT2D eigenvalue weighted by atomic mass is 32.2. The molecule has 32 heavy (non-hydrogen) atoms. The third-order valence-electron chi connectivity index (χ3n) is 5.56. The first-order chi connectivity index (χ1) is 15.6. The molecule has 0 aliphatic carbocycles. The van der Waals surface area contributed by atoms with Crippen molar-refractivity contribution in [3.05, 3.63) is 106 Å². The van der Waals surface area contributed by atoms with E-state index in [1.54, 1.807) is 6.07 Å². The van der Waals surface area contributed by atoms with Crippen molar-refractivity contribution in [3.8, 4) is 22.6 Å². The number of aryl methyl sites for hydroxylation is 2. The van der Waals surface area contributed by atoms with E-state index < -0.39 is 0 Å². The number of fused-ring (bicyclic) bond motifs is 1. The van der Waals surface area contributed by atoms with E-state index >= 15 is 0 Å². The Balaban J connectivity index is 1.53. The molecule has 0 radical (unpaired) electrons. The van der Waals surface area contributed by atoms with E-state index in [2.05, 4.69) is 6.07 Å². The van der Waals surface area contributed by atoms with Gasteiger partial charge in [-0.25, -0.2) is 9.78 Å². The summed E-state index contributed by atoms with van der Waals surface area (Å²) < 4.78 is 11.7. The molecular weight excluding hydrogens is 418 g/mol. The third-order valence-corrected chi connectivity index (χ3v) is 6.44. The number of benzene rings is 3. The molecular formula is C27H21NO3S. The van der Waals surface area contributed by atoms with E-state index in [1.165, 1.54) is 11.8 Å². The first kappa shape index (κ1) is 20.3. The Bertz CT molecular complexity index is 1400. The molecule has 0 saturated heterocycles. The number of thioether (sulfide) groups is 1. The van der Waals surface area contributed by atoms with E-state index in [1.807, 2.05) is 80.6 Å². The standard InChI is InChI=1S/C27H21NO3S/c1-17-13-14-22-21(15-23(29)30-25(22)18(17)2)16-32-27-28-24(19-9-5-3-6-10-19)26(31-27)20-11-7-4-8-12-20/h3-15H,16H2,1-2H3. The SMILES string of the molecule is Cc1ccc2c(CSc3nc(-c4ccccc4)c(-c4ccccc4)o3)cc(=O)oc2c1C. The number of nitrogens with zero attached hydrogens (tertiary/aromatic N) is 1. The predicted molar refractivity (Wildman–Crippen MR) is 129 cm³/mol. The van der Waals surface area contributed by atoms with Gasteiger partial charge in [0.15, 0.2) is 5.76 Å². The largest absolute Gasteiger partial charge is 0.431 e. The molecule has 0 amide bonds. The van der Waals surface area contributed by atoms with Gasteiger partial charge < -0.3 is 8.83 Å². The van der Waals surface area contributed by atoms with Gasteiger partial charge >= 0.3 is 5.63 Å². The molecule has 5 aromatic rings. The Morgan fingerprint density at radius 3 is 2.25 bits per heavy atom. The van der Waals surface area contributed by atoms with Gasteiger partial charge in [0.2, 0.25) is 0 Å². The molecule has 0 bridgehead atoms. The van der Waals surface area contributed by atoms with Crippen LogP contribution in [0.1, 0.15) is 16.7 Å². The lowest BCUT2D eigenvalue weighted by Gasteiger charge is -2.08. The molecule has 0 aliphatic heterocycles. The third kappa shape index (κ3) is 3.87. The average Bonchev–Trinajstić information content (AvgIpc) is 3.26. The Morgan fingerprint density at radius 1 is 0.844 bits per heavy atom. The summed E-state index contributed by atoms with van der Waals surface area (Å²) >= 11 is 1.47. The molecule has 0 fully saturated rings. The normalized spacial score (nSPS) is 11.2. The van der Waals surface area contributed by atoms with Crippen molar-refractivity contribution in [3.63, 3.8) is 0 Å². The van der Waals surface area contributed by atoms with E-state index in [0.29, 0.717) is 16.6 Å². The summed E-state index contributed by atoms with van der Waals surface area (Å²) in [6.45, 7) is 3.99. The van der Waals surface area contributed by atoms with E-state index in [0.717, 1.165) is 44.7 Å². The molecule has 2 heterocycles. The van der Waals surface area contributed by atoms with Gasteiger partial charge in [-0.3, -0.25) is 0 Å². The zero-order valence-corrected chi connectivity index (χ0v) is 18.6. The first-order valence-corrected chi connectivity index (χ1v) is 11.4. The smallest absolute Gasteiger partial charge is 0.336 e. The fourth-order valence-electron chi connectivity index (χ4n) is 3.72. The summed E-state index contributed by atoms with van der Waals surface area (Å²) in [6.07, 6.45) is 0. The minimum Gasteiger partial charge on any atom is -0.431 e. The summed E-state index contributed by atoms with van der Waals surface area (Å²) in [5, 5.41) is 1.51. The fraction of sp³-hybridized carbons (Fsp3) is 0.111. The van der Waals surface area contributed by atoms with Gasteiger partial charge in [0.25, 0.3) is 5.22 Å². The minimum atomic E-state index is -0.343. The van der Waals surface area contributed by atoms with Gasteiger partial charge in [-0.05, 0) is 30.5 Å². The predicted octanol–water partition coefficient (Wildman–Crippen LogP) is 7.02. The lowest BCUT2D eigenvalue weighted by Crippen LogP contribution is -2.01. The van der Waals surface area contributed by atoms with Crippen LogP contribution in [0.15, 0.2) is 97.7 Å². The van der Waals surface area contributed by atoms with Crippen molar-refractivity contribution in [2.75, 3.05) is 0 Å². The maximum atomic E-state index is 12.2. The molecule has 5 rings (SSSR count). The Morgan fingerprint density at radius 2 is 1.53 bits per heavy atom. The topological polar surface area (TPSA) is 56.2 Å². The van der Waals surface area contributed by atoms with Crippen LogP contribution in [-0.2, 0) is 5.75 Å². The van der Waals surface area contributed by atoms with Crippen molar-refractivity contribution >= 4 is 22.7 Å². The lowest BCUT2D eigenvalue weighted by molar-refractivity contribution is 0.466. The summed E-state index contributed by atoms with van der Waals surface area (Å²) in [4.78, 5) is 17.0. The second-order valence-corrected chi connectivity index (χ2v) is 8.58. The fourth-order valence-corrected chi connectivity index (χ4v) is 4.54. The van der Waals surface area contributed by atoms with Gasteiger partial charge in [0, 0.05) is 28.3 Å². The number of hydrogen-bond donors (Lipinski definition) is 0. The monoisotopic (exact) mass is 439 g/mol. The van der Waals surface area contributed by atoms with Crippen LogP contribution in [0.3, 0.4) is 0 Å². The first-order valence-electron chi connectivity index (χ1n) is 10.4. The maximum Gasteiger partial charge on any atom is 0.336 e. The van der Waals surface area contributed by atoms with Crippen LogP contribution < -0.4 is 5.63 Å². The van der Waals surface area contributed by atoms with E-state index in [4.69, 9.17) is 13.8 Å². The average molecular weight is 440 g/mol. The molecule has 2 aromatic heterocycles. The maximum absolute atomic E-state index is 12.2. The van der Waals surface area contributed by atoms with Crippen molar-refractivity contribution in [2.24, 2.45) is 0 Å². The van der Waals surface area contributed by atoms with Crippen molar-refractivity contribution in [2.45, 2.75) is 24.8 Å². The van der Waals surface area contributed by atoms with Gasteiger partial charge in [-0.1, -0.05) is 84.6 Å². The van der Waals surface area contributed by atoms with Crippen molar-refractivity contribution < 1.29 is 8.83 Å². The second-order valence-electron chi connectivity index (χ2n) is 7.65. The van der Waals surface area contributed by atoms with Crippen LogP contribution in [0, 0.1) is 13.8 Å². The molecule has 0 N–H and O–H groups in total. The summed E-state index contributed by atoms with van der Waals surface area (Å²) in [6, 6.07) is 25.6. The number of hydrogen-bond acceptors (Lipinski definition) is 5. The van der Waals surface area contributed by atoms with Crippen LogP contribution in [0.2, 0.25) is 0 Å². The van der Waals surface area contributed by atoms with Crippen molar-refractivity contribution in [1.82, 2.24) is 4.98 Å². The molecule has 0 atom stereocenters. The number of aromatic nitrogens is 1. The highest BCUT2D eigenvalue weighted by Gasteiger charge is 2.18. The van der Waals surface area contributed by atoms with Gasteiger partial charge in [0.05, 0.1) is 0 Å². The summed E-state index contributed by atoms with van der Waals surface area (Å²) in [7, 11) is 0. The number of oxazole rings is 1. The lowest BCUT2D eigenvalue weighted by atomic mass is 10.0. The van der Waals surface area contributed by atoms with Crippen LogP contribution >= 0.6 is 11.8 Å². The second kappa shape index (κ2) is 8.52. The molecule has 3 aromatic carbocycles. The molecule has 0 spiro atoms. The molecule has 0 unspecified atom stereocenters. The molecule has 5 heteroatoms. The quantitative estimate of drug-likeness (QED) is 0.217. The van der Waals surface area contributed by atoms with Gasteiger partial charge in [-0.2, -0.15) is 0 Å². The van der Waals surface area contributed by atoms with Crippen LogP contribution in [0.25, 0.3) is 33.6 Å².